The molecule has 0 aromatic carbocycles. The van der Waals surface area contributed by atoms with E-state index in [1.165, 1.54) is 0 Å². The van der Waals surface area contributed by atoms with Crippen molar-refractivity contribution in [2.45, 2.75) is 96.6 Å². The molecule has 5 fully saturated rings. The largest absolute Gasteiger partial charge is 2.00 e. The summed E-state index contributed by atoms with van der Waals surface area (Å²) >= 11 is 0. The minimum Gasteiger partial charge on any atom is -0.693 e. The molecule has 4 saturated carbocycles. The Morgan fingerprint density at radius 3 is 2.05 bits per heavy atom. The zero-order chi connectivity index (χ0) is 27.8. The molecule has 0 amide bonds. The number of ketones is 2. The third-order valence-electron chi connectivity index (χ3n) is 11.3. The van der Waals surface area contributed by atoms with E-state index in [0.717, 1.165) is 12.8 Å². The van der Waals surface area contributed by atoms with Gasteiger partial charge in [-0.3, -0.25) is 14.4 Å². The van der Waals surface area contributed by atoms with Gasteiger partial charge in [-0.2, -0.15) is 0 Å². The molecular formula is C28H42N2O10Pt. The summed E-state index contributed by atoms with van der Waals surface area (Å²) in [6, 6.07) is 0. The number of carbonyl (C=O) groups is 5. The first-order valence-corrected chi connectivity index (χ1v) is 13.8. The number of carboxylic acid groups (broad SMARTS) is 3. The van der Waals surface area contributed by atoms with E-state index in [1.807, 2.05) is 13.8 Å². The monoisotopic (exact) mass is 761 g/mol. The number of ether oxygens (including phenoxy) is 2. The summed E-state index contributed by atoms with van der Waals surface area (Å²) < 4.78 is 11.5. The predicted molar refractivity (Wildman–Crippen MR) is 140 cm³/mol. The number of hydrogen-bond donors (Lipinski definition) is 3. The van der Waals surface area contributed by atoms with Crippen LogP contribution in [0.5, 0.6) is 0 Å². The molecule has 13 heteroatoms. The van der Waals surface area contributed by atoms with Gasteiger partial charge in [0.1, 0.15) is 11.6 Å². The van der Waals surface area contributed by atoms with Crippen molar-refractivity contribution in [1.82, 2.24) is 0 Å². The topological polar surface area (TPSA) is 232 Å². The molecule has 1 spiro atoms. The van der Waals surface area contributed by atoms with Gasteiger partial charge in [-0.15, -0.1) is 0 Å². The number of rotatable bonds is 6. The van der Waals surface area contributed by atoms with E-state index < -0.39 is 41.3 Å². The van der Waals surface area contributed by atoms with Crippen molar-refractivity contribution < 1.29 is 69.8 Å². The van der Waals surface area contributed by atoms with Crippen LogP contribution in [-0.4, -0.2) is 62.8 Å². The Labute approximate surface area is 254 Å². The maximum absolute atomic E-state index is 13.9. The van der Waals surface area contributed by atoms with Crippen molar-refractivity contribution in [3.05, 3.63) is 12.3 Å². The fourth-order valence-corrected chi connectivity index (χ4v) is 9.28. The average Bonchev–Trinajstić information content (AvgIpc) is 3.39. The Morgan fingerprint density at radius 1 is 0.927 bits per heavy atom. The Morgan fingerprint density at radius 2 is 1.51 bits per heavy atom. The molecule has 0 aromatic rings. The number of carboxylic acids is 3. The standard InChI is InChI=1S/C28H38O10.2H2N.Pt/c1-13(4-7-20(31)32)15-5-6-16-21-17(11-19(30)27(15,16)3)26(2)8-9-28(12-14(26)10-18(21)29)37-22(24(33)34)23(38-28)25(35)36;;;/h13-17,21-23H,4-12H2,1-3H3,(H,31,32)(H,33,34)(H,35,36);2*1H2;/q;2*-1;+2/t13?,14?,15?,16?,17?,21?,22?,23?,26-,27+,28?;;;/m0.../s1. The second kappa shape index (κ2) is 12.1. The van der Waals surface area contributed by atoms with Gasteiger partial charge >= 0.3 is 39.0 Å². The van der Waals surface area contributed by atoms with Crippen molar-refractivity contribution in [2.24, 2.45) is 46.3 Å². The number of carbonyl (C=O) groups excluding carboxylic acids is 2. The quantitative estimate of drug-likeness (QED) is 0.341. The summed E-state index contributed by atoms with van der Waals surface area (Å²) in [6.07, 6.45) is 0.552. The number of Topliss-reactive ketones (excluding diaryl/α,β-unsaturated/α-hetero) is 2. The van der Waals surface area contributed by atoms with Crippen LogP contribution in [0.15, 0.2) is 0 Å². The van der Waals surface area contributed by atoms with Gasteiger partial charge in [0.05, 0.1) is 0 Å². The molecule has 41 heavy (non-hydrogen) atoms. The van der Waals surface area contributed by atoms with Crippen LogP contribution in [-0.2, 0) is 54.5 Å². The van der Waals surface area contributed by atoms with Crippen molar-refractivity contribution in [2.75, 3.05) is 0 Å². The number of fused-ring (bicyclic) bond motifs is 5. The summed E-state index contributed by atoms with van der Waals surface area (Å²) in [5.41, 5.74) is -1.00. The normalized spacial score (nSPS) is 43.3. The van der Waals surface area contributed by atoms with Crippen molar-refractivity contribution in [3.8, 4) is 0 Å². The van der Waals surface area contributed by atoms with Crippen LogP contribution in [0.4, 0.5) is 0 Å². The first-order chi connectivity index (χ1) is 17.7. The molecule has 0 bridgehead atoms. The van der Waals surface area contributed by atoms with E-state index in [2.05, 4.69) is 6.92 Å². The molecular weight excluding hydrogens is 719 g/mol. The molecule has 5 aliphatic rings. The molecule has 8 unspecified atom stereocenters. The zero-order valence-electron chi connectivity index (χ0n) is 23.7. The van der Waals surface area contributed by atoms with Gasteiger partial charge in [-0.25, -0.2) is 9.59 Å². The number of aliphatic carboxylic acids is 3. The predicted octanol–water partition coefficient (Wildman–Crippen LogP) is 4.59. The van der Waals surface area contributed by atoms with Crippen LogP contribution in [0.1, 0.15) is 78.6 Å². The van der Waals surface area contributed by atoms with Crippen LogP contribution >= 0.6 is 0 Å². The smallest absolute Gasteiger partial charge is 0.693 e. The third kappa shape index (κ3) is 5.43. The van der Waals surface area contributed by atoms with Crippen LogP contribution < -0.4 is 0 Å². The Kier molecular flexibility index (Phi) is 10.5. The molecule has 4 aliphatic carbocycles. The number of hydrogen-bond acceptors (Lipinski definition) is 7. The van der Waals surface area contributed by atoms with Gasteiger partial charge in [0, 0.05) is 43.4 Å². The maximum Gasteiger partial charge on any atom is 2.00 e. The molecule has 0 aromatic heterocycles. The van der Waals surface area contributed by atoms with E-state index in [4.69, 9.17) is 14.6 Å². The second-order valence-corrected chi connectivity index (χ2v) is 13.0. The average molecular weight is 762 g/mol. The van der Waals surface area contributed by atoms with E-state index in [9.17, 15) is 34.2 Å². The SMILES string of the molecule is CC(CCC(=O)O)C1CCC2C3C(=O)CC4CC5(CC[C@]4(C)C3CC(=O)[C@]12C)OC(C(=O)O)C(C(=O)O)O5.[NH2-].[NH2-].[Pt+2]. The van der Waals surface area contributed by atoms with E-state index >= 15 is 0 Å². The fourth-order valence-electron chi connectivity index (χ4n) is 9.28. The van der Waals surface area contributed by atoms with E-state index in [-0.39, 0.29) is 105 Å². The molecule has 12 nitrogen and oxygen atoms in total. The summed E-state index contributed by atoms with van der Waals surface area (Å²) in [6.45, 7) is 6.14. The molecule has 234 valence electrons. The van der Waals surface area contributed by atoms with Crippen molar-refractivity contribution >= 4 is 29.5 Å². The molecule has 0 radical (unpaired) electrons. The van der Waals surface area contributed by atoms with Gasteiger partial charge in [0.2, 0.25) is 0 Å². The molecule has 7 N–H and O–H groups in total. The maximum atomic E-state index is 13.9. The van der Waals surface area contributed by atoms with Gasteiger partial charge in [-0.1, -0.05) is 20.8 Å². The van der Waals surface area contributed by atoms with Crippen LogP contribution in [0.2, 0.25) is 0 Å². The van der Waals surface area contributed by atoms with Crippen molar-refractivity contribution in [1.29, 1.82) is 0 Å². The second-order valence-electron chi connectivity index (χ2n) is 13.0. The minimum absolute atomic E-state index is 0. The molecule has 1 saturated heterocycles. The van der Waals surface area contributed by atoms with Crippen LogP contribution in [0.25, 0.3) is 12.3 Å². The fraction of sp³-hybridized carbons (Fsp3) is 0.821. The van der Waals surface area contributed by atoms with Gasteiger partial charge < -0.3 is 37.1 Å². The molecule has 1 heterocycles. The van der Waals surface area contributed by atoms with Crippen LogP contribution in [0, 0.1) is 46.3 Å². The Balaban J connectivity index is 0.00000196. The summed E-state index contributed by atoms with van der Waals surface area (Å²) in [4.78, 5) is 62.2. The third-order valence-corrected chi connectivity index (χ3v) is 11.3. The van der Waals surface area contributed by atoms with E-state index in [0.29, 0.717) is 25.7 Å². The molecule has 10 atom stereocenters. The van der Waals surface area contributed by atoms with Crippen molar-refractivity contribution in [3.63, 3.8) is 0 Å². The first-order valence-electron chi connectivity index (χ1n) is 13.8. The minimum atomic E-state index is -1.61. The summed E-state index contributed by atoms with van der Waals surface area (Å²) in [5, 5.41) is 28.2. The van der Waals surface area contributed by atoms with Gasteiger partial charge in [0.15, 0.2) is 18.0 Å². The van der Waals surface area contributed by atoms with Crippen LogP contribution in [0.3, 0.4) is 0 Å². The summed E-state index contributed by atoms with van der Waals surface area (Å²) in [7, 11) is 0. The summed E-state index contributed by atoms with van der Waals surface area (Å²) in [5.74, 6) is -5.28. The van der Waals surface area contributed by atoms with Gasteiger partial charge in [-0.05, 0) is 60.7 Å². The Hall–Kier alpha value is -1.72. The van der Waals surface area contributed by atoms with E-state index in [1.54, 1.807) is 0 Å². The number of nitrogens with two attached hydrogens (primary N) is 2. The van der Waals surface area contributed by atoms with Gasteiger partial charge in [0.25, 0.3) is 0 Å². The zero-order valence-corrected chi connectivity index (χ0v) is 25.9. The molecule has 5 rings (SSSR count). The Bertz CT molecular complexity index is 1060. The molecule has 1 aliphatic heterocycles. The first kappa shape index (κ1) is 35.5.